The highest BCUT2D eigenvalue weighted by Crippen LogP contribution is 2.21. The first-order chi connectivity index (χ1) is 8.17. The Bertz CT molecular complexity index is 378. The molecule has 1 rings (SSSR count). The van der Waals surface area contributed by atoms with E-state index in [4.69, 9.17) is 4.74 Å². The van der Waals surface area contributed by atoms with Crippen molar-refractivity contribution < 1.29 is 9.53 Å². The van der Waals surface area contributed by atoms with E-state index < -0.39 is 0 Å². The summed E-state index contributed by atoms with van der Waals surface area (Å²) in [4.78, 5) is 11.6. The van der Waals surface area contributed by atoms with Gasteiger partial charge in [0.15, 0.2) is 0 Å². The predicted octanol–water partition coefficient (Wildman–Crippen LogP) is 1.94. The Kier molecular flexibility index (Phi) is 5.49. The van der Waals surface area contributed by atoms with Gasteiger partial charge in [0.25, 0.3) is 0 Å². The Balaban J connectivity index is 2.62. The summed E-state index contributed by atoms with van der Waals surface area (Å²) >= 11 is 0. The highest BCUT2D eigenvalue weighted by atomic mass is 16.5. The fraction of sp³-hybridized carbons (Fsp3) is 0.462. The van der Waals surface area contributed by atoms with Gasteiger partial charge >= 0.3 is 0 Å². The molecule has 0 aliphatic rings. The van der Waals surface area contributed by atoms with Crippen molar-refractivity contribution in [1.82, 2.24) is 5.32 Å². The summed E-state index contributed by atoms with van der Waals surface area (Å²) < 4.78 is 5.39. The summed E-state index contributed by atoms with van der Waals surface area (Å²) in [6.45, 7) is 5.23. The summed E-state index contributed by atoms with van der Waals surface area (Å²) in [6.07, 6.45) is 0.475. The first kappa shape index (κ1) is 13.5. The van der Waals surface area contributed by atoms with Crippen molar-refractivity contribution in [2.75, 3.05) is 25.5 Å². The van der Waals surface area contributed by atoms with Crippen LogP contribution in [0.2, 0.25) is 0 Å². The van der Waals surface area contributed by atoms with Gasteiger partial charge in [-0.15, -0.1) is 0 Å². The third-order valence-electron chi connectivity index (χ3n) is 2.39. The highest BCUT2D eigenvalue weighted by molar-refractivity contribution is 5.91. The first-order valence-corrected chi connectivity index (χ1v) is 5.85. The molecule has 94 valence electrons. The Morgan fingerprint density at radius 3 is 2.76 bits per heavy atom. The Hall–Kier alpha value is -1.55. The molecule has 0 aromatic heterocycles. The van der Waals surface area contributed by atoms with Gasteiger partial charge in [0, 0.05) is 18.7 Å². The molecule has 0 heterocycles. The van der Waals surface area contributed by atoms with Crippen LogP contribution >= 0.6 is 0 Å². The van der Waals surface area contributed by atoms with Crippen LogP contribution in [0.15, 0.2) is 18.2 Å². The van der Waals surface area contributed by atoms with Gasteiger partial charge in [0.2, 0.25) is 5.91 Å². The van der Waals surface area contributed by atoms with E-state index in [1.807, 2.05) is 39.1 Å². The predicted molar refractivity (Wildman–Crippen MR) is 69.5 cm³/mol. The zero-order valence-corrected chi connectivity index (χ0v) is 10.7. The van der Waals surface area contributed by atoms with E-state index in [2.05, 4.69) is 10.6 Å². The number of amides is 1. The summed E-state index contributed by atoms with van der Waals surface area (Å²) in [5.41, 5.74) is 1.85. The smallest absolute Gasteiger partial charge is 0.225 e. The molecular weight excluding hydrogens is 216 g/mol. The van der Waals surface area contributed by atoms with Crippen molar-refractivity contribution in [2.24, 2.45) is 0 Å². The molecule has 0 aliphatic carbocycles. The second-order valence-electron chi connectivity index (χ2n) is 3.81. The van der Waals surface area contributed by atoms with Crippen LogP contribution in [-0.4, -0.2) is 26.1 Å². The molecule has 0 bridgehead atoms. The largest absolute Gasteiger partial charge is 0.494 e. The fourth-order valence-electron chi connectivity index (χ4n) is 1.48. The molecule has 0 aliphatic heterocycles. The van der Waals surface area contributed by atoms with E-state index >= 15 is 0 Å². The maximum atomic E-state index is 11.6. The van der Waals surface area contributed by atoms with Crippen LogP contribution in [0, 0.1) is 6.92 Å². The topological polar surface area (TPSA) is 50.4 Å². The zero-order valence-electron chi connectivity index (χ0n) is 10.7. The molecule has 0 saturated carbocycles. The van der Waals surface area contributed by atoms with Gasteiger partial charge in [-0.25, -0.2) is 0 Å². The van der Waals surface area contributed by atoms with Crippen LogP contribution in [0.3, 0.4) is 0 Å². The molecule has 1 aromatic rings. The van der Waals surface area contributed by atoms with Crippen LogP contribution in [0.25, 0.3) is 0 Å². The molecule has 17 heavy (non-hydrogen) atoms. The number of hydrogen-bond acceptors (Lipinski definition) is 3. The molecule has 2 N–H and O–H groups in total. The van der Waals surface area contributed by atoms with Gasteiger partial charge in [-0.1, -0.05) is 0 Å². The van der Waals surface area contributed by atoms with Gasteiger partial charge in [-0.05, 0) is 44.7 Å². The third-order valence-corrected chi connectivity index (χ3v) is 2.39. The van der Waals surface area contributed by atoms with Crippen LogP contribution in [0.4, 0.5) is 5.69 Å². The SMILES string of the molecule is CCOc1ccc(NC(=O)CCNC)c(C)c1. The molecule has 0 saturated heterocycles. The highest BCUT2D eigenvalue weighted by Gasteiger charge is 2.05. The normalized spacial score (nSPS) is 10.1. The minimum atomic E-state index is 0.0200. The molecule has 0 spiro atoms. The lowest BCUT2D eigenvalue weighted by molar-refractivity contribution is -0.116. The number of ether oxygens (including phenoxy) is 1. The molecule has 0 radical (unpaired) electrons. The molecule has 4 nitrogen and oxygen atoms in total. The van der Waals surface area contributed by atoms with Gasteiger partial charge in [0.1, 0.15) is 5.75 Å². The monoisotopic (exact) mass is 236 g/mol. The number of carbonyl (C=O) groups excluding carboxylic acids is 1. The summed E-state index contributed by atoms with van der Waals surface area (Å²) in [5.74, 6) is 0.852. The molecule has 0 fully saturated rings. The van der Waals surface area contributed by atoms with Gasteiger partial charge in [-0.2, -0.15) is 0 Å². The van der Waals surface area contributed by atoms with Crippen LogP contribution in [0.1, 0.15) is 18.9 Å². The molecule has 0 atom stereocenters. The Morgan fingerprint density at radius 1 is 1.41 bits per heavy atom. The summed E-state index contributed by atoms with van der Waals surface area (Å²) in [5, 5.41) is 5.82. The summed E-state index contributed by atoms with van der Waals surface area (Å²) in [6, 6.07) is 5.67. The van der Waals surface area contributed by atoms with Crippen molar-refractivity contribution in [2.45, 2.75) is 20.3 Å². The molecule has 1 aromatic carbocycles. The second-order valence-corrected chi connectivity index (χ2v) is 3.81. The van der Waals surface area contributed by atoms with Crippen molar-refractivity contribution in [3.63, 3.8) is 0 Å². The molecule has 4 heteroatoms. The Morgan fingerprint density at radius 2 is 2.18 bits per heavy atom. The number of hydrogen-bond donors (Lipinski definition) is 2. The third kappa shape index (κ3) is 4.44. The minimum absolute atomic E-state index is 0.0200. The van der Waals surface area contributed by atoms with E-state index in [9.17, 15) is 4.79 Å². The van der Waals surface area contributed by atoms with Crippen molar-refractivity contribution in [3.8, 4) is 5.75 Å². The fourth-order valence-corrected chi connectivity index (χ4v) is 1.48. The number of anilines is 1. The number of benzene rings is 1. The second kappa shape index (κ2) is 6.91. The standard InChI is InChI=1S/C13H20N2O2/c1-4-17-11-5-6-12(10(2)9-11)15-13(16)7-8-14-3/h5-6,9,14H,4,7-8H2,1-3H3,(H,15,16). The van der Waals surface area contributed by atoms with Crippen LogP contribution in [0.5, 0.6) is 5.75 Å². The van der Waals surface area contributed by atoms with Crippen molar-refractivity contribution in [3.05, 3.63) is 23.8 Å². The van der Waals surface area contributed by atoms with Crippen molar-refractivity contribution >= 4 is 11.6 Å². The van der Waals surface area contributed by atoms with E-state index in [1.165, 1.54) is 0 Å². The van der Waals surface area contributed by atoms with Gasteiger partial charge < -0.3 is 15.4 Å². The maximum Gasteiger partial charge on any atom is 0.225 e. The van der Waals surface area contributed by atoms with Crippen LogP contribution in [-0.2, 0) is 4.79 Å². The maximum absolute atomic E-state index is 11.6. The number of carbonyl (C=O) groups is 1. The quantitative estimate of drug-likeness (QED) is 0.793. The van der Waals surface area contributed by atoms with Gasteiger partial charge in [0.05, 0.1) is 6.61 Å². The molecule has 0 unspecified atom stereocenters. The van der Waals surface area contributed by atoms with Gasteiger partial charge in [-0.3, -0.25) is 4.79 Å². The molecular formula is C13H20N2O2. The van der Waals surface area contributed by atoms with Crippen LogP contribution < -0.4 is 15.4 Å². The van der Waals surface area contributed by atoms with E-state index in [-0.39, 0.29) is 5.91 Å². The summed E-state index contributed by atoms with van der Waals surface area (Å²) in [7, 11) is 1.83. The Labute approximate surface area is 102 Å². The van der Waals surface area contributed by atoms with E-state index in [0.29, 0.717) is 19.6 Å². The zero-order chi connectivity index (χ0) is 12.7. The number of aryl methyl sites for hydroxylation is 1. The lowest BCUT2D eigenvalue weighted by atomic mass is 10.2. The van der Waals surface area contributed by atoms with E-state index in [1.54, 1.807) is 0 Å². The lowest BCUT2D eigenvalue weighted by Gasteiger charge is -2.10. The number of rotatable bonds is 6. The minimum Gasteiger partial charge on any atom is -0.494 e. The van der Waals surface area contributed by atoms with E-state index in [0.717, 1.165) is 17.0 Å². The number of nitrogens with one attached hydrogen (secondary N) is 2. The average molecular weight is 236 g/mol. The lowest BCUT2D eigenvalue weighted by Crippen LogP contribution is -2.19. The molecule has 1 amide bonds. The average Bonchev–Trinajstić information content (AvgIpc) is 2.30. The van der Waals surface area contributed by atoms with Crippen molar-refractivity contribution in [1.29, 1.82) is 0 Å². The first-order valence-electron chi connectivity index (χ1n) is 5.85.